The number of aryl methyl sites for hydroxylation is 1. The molecule has 2 aromatic carbocycles. The van der Waals surface area contributed by atoms with Crippen molar-refractivity contribution in [2.75, 3.05) is 18.0 Å². The number of piperidine rings is 1. The highest BCUT2D eigenvalue weighted by atomic mass is 32.1. The van der Waals surface area contributed by atoms with Gasteiger partial charge in [-0.1, -0.05) is 23.5 Å². The highest BCUT2D eigenvalue weighted by molar-refractivity contribution is 7.22. The molecule has 1 saturated heterocycles. The van der Waals surface area contributed by atoms with E-state index in [0.29, 0.717) is 25.9 Å². The first-order valence-electron chi connectivity index (χ1n) is 8.99. The normalized spacial score (nSPS) is 15.9. The minimum absolute atomic E-state index is 0.117. The maximum atomic E-state index is 13.1. The molecule has 1 aliphatic rings. The Bertz CT molecular complexity index is 995. The molecule has 28 heavy (non-hydrogen) atoms. The summed E-state index contributed by atoms with van der Waals surface area (Å²) < 4.78 is 45.8. The fourth-order valence-corrected chi connectivity index (χ4v) is 4.43. The van der Waals surface area contributed by atoms with Gasteiger partial charge < -0.3 is 14.7 Å². The molecule has 0 radical (unpaired) electrons. The van der Waals surface area contributed by atoms with Gasteiger partial charge in [-0.15, -0.1) is 0 Å². The average Bonchev–Trinajstić information content (AvgIpc) is 3.06. The van der Waals surface area contributed by atoms with Gasteiger partial charge in [-0.25, -0.2) is 4.98 Å². The topological polar surface area (TPSA) is 45.6 Å². The van der Waals surface area contributed by atoms with Crippen molar-refractivity contribution in [3.8, 4) is 11.5 Å². The first-order valence-corrected chi connectivity index (χ1v) is 9.81. The van der Waals surface area contributed by atoms with E-state index in [-0.39, 0.29) is 17.6 Å². The summed E-state index contributed by atoms with van der Waals surface area (Å²) >= 11 is 1.43. The molecular weight excluding hydrogens is 389 g/mol. The molecule has 148 valence electrons. The van der Waals surface area contributed by atoms with E-state index in [1.54, 1.807) is 12.1 Å². The largest absolute Gasteiger partial charge is 0.506 e. The molecule has 4 rings (SSSR count). The number of hydrogen-bond acceptors (Lipinski definition) is 5. The molecule has 2 heterocycles. The quantitative estimate of drug-likeness (QED) is 0.632. The number of anilines is 1. The van der Waals surface area contributed by atoms with Crippen LogP contribution in [0.1, 0.15) is 24.0 Å². The highest BCUT2D eigenvalue weighted by Gasteiger charge is 2.35. The van der Waals surface area contributed by atoms with Gasteiger partial charge in [0.1, 0.15) is 17.6 Å². The van der Waals surface area contributed by atoms with E-state index in [0.717, 1.165) is 27.0 Å². The Balaban J connectivity index is 1.45. The van der Waals surface area contributed by atoms with Gasteiger partial charge in [-0.05, 0) is 36.8 Å². The summed E-state index contributed by atoms with van der Waals surface area (Å²) in [6, 6.07) is 8.97. The molecule has 3 aromatic rings. The van der Waals surface area contributed by atoms with Gasteiger partial charge in [-0.2, -0.15) is 13.2 Å². The van der Waals surface area contributed by atoms with Crippen molar-refractivity contribution in [3.63, 3.8) is 0 Å². The third-order valence-corrected chi connectivity index (χ3v) is 5.96. The minimum atomic E-state index is -4.43. The van der Waals surface area contributed by atoms with Crippen LogP contribution in [0.4, 0.5) is 18.3 Å². The van der Waals surface area contributed by atoms with Crippen LogP contribution < -0.4 is 9.64 Å². The Morgan fingerprint density at radius 1 is 1.18 bits per heavy atom. The van der Waals surface area contributed by atoms with Crippen LogP contribution in [0.2, 0.25) is 0 Å². The van der Waals surface area contributed by atoms with E-state index < -0.39 is 11.7 Å². The van der Waals surface area contributed by atoms with Crippen LogP contribution in [0, 0.1) is 6.92 Å². The lowest BCUT2D eigenvalue weighted by atomic mass is 10.1. The second kappa shape index (κ2) is 7.16. The lowest BCUT2D eigenvalue weighted by Gasteiger charge is -2.32. The third kappa shape index (κ3) is 3.73. The predicted molar refractivity (Wildman–Crippen MR) is 103 cm³/mol. The molecule has 4 nitrogen and oxygen atoms in total. The molecule has 0 spiro atoms. The molecule has 1 aliphatic heterocycles. The number of aromatic nitrogens is 1. The lowest BCUT2D eigenvalue weighted by molar-refractivity contribution is -0.139. The monoisotopic (exact) mass is 408 g/mol. The highest BCUT2D eigenvalue weighted by Crippen LogP contribution is 2.38. The smallest absolute Gasteiger partial charge is 0.419 e. The molecule has 1 aromatic heterocycles. The van der Waals surface area contributed by atoms with E-state index in [2.05, 4.69) is 9.88 Å². The molecule has 0 unspecified atom stereocenters. The standard InChI is InChI=1S/C20H19F3N2O2S/c1-12-10-15-18(16(26)11-12)28-19(24-15)25-8-6-13(7-9-25)27-17-5-3-2-4-14(17)20(21,22)23/h2-5,10-11,13,26H,6-9H2,1H3. The first-order chi connectivity index (χ1) is 13.3. The first kappa shape index (κ1) is 18.9. The summed E-state index contributed by atoms with van der Waals surface area (Å²) in [7, 11) is 0. The van der Waals surface area contributed by atoms with E-state index in [1.807, 2.05) is 13.0 Å². The number of rotatable bonds is 3. The number of phenolic OH excluding ortho intramolecular Hbond substituents is 1. The average molecular weight is 408 g/mol. The van der Waals surface area contributed by atoms with Crippen LogP contribution in [-0.2, 0) is 6.18 Å². The van der Waals surface area contributed by atoms with Gasteiger partial charge in [0.15, 0.2) is 5.13 Å². The van der Waals surface area contributed by atoms with Crippen molar-refractivity contribution in [2.45, 2.75) is 32.0 Å². The molecular formula is C20H19F3N2O2S. The van der Waals surface area contributed by atoms with Gasteiger partial charge in [0.05, 0.1) is 15.8 Å². The minimum Gasteiger partial charge on any atom is -0.506 e. The molecule has 0 amide bonds. The number of hydrogen-bond donors (Lipinski definition) is 1. The molecule has 0 atom stereocenters. The summed E-state index contributed by atoms with van der Waals surface area (Å²) in [5.74, 6) is 0.106. The van der Waals surface area contributed by atoms with Gasteiger partial charge in [0.2, 0.25) is 0 Å². The molecule has 1 N–H and O–H groups in total. The zero-order valence-corrected chi connectivity index (χ0v) is 16.0. The number of aromatic hydroxyl groups is 1. The molecule has 0 aliphatic carbocycles. The lowest BCUT2D eigenvalue weighted by Crippen LogP contribution is -2.38. The van der Waals surface area contributed by atoms with Crippen molar-refractivity contribution in [1.82, 2.24) is 4.98 Å². The van der Waals surface area contributed by atoms with E-state index in [9.17, 15) is 18.3 Å². The summed E-state index contributed by atoms with van der Waals surface area (Å²) in [4.78, 5) is 6.70. The fraction of sp³-hybridized carbons (Fsp3) is 0.350. The van der Waals surface area contributed by atoms with Crippen LogP contribution in [0.25, 0.3) is 10.2 Å². The van der Waals surface area contributed by atoms with Crippen molar-refractivity contribution >= 4 is 26.7 Å². The Labute approximate surface area is 164 Å². The Morgan fingerprint density at radius 3 is 2.61 bits per heavy atom. The number of thiazole rings is 1. The predicted octanol–water partition coefficient (Wildman–Crippen LogP) is 5.38. The molecule has 0 saturated carbocycles. The number of nitrogens with zero attached hydrogens (tertiary/aromatic N) is 2. The maximum absolute atomic E-state index is 13.1. The second-order valence-corrected chi connectivity index (χ2v) is 7.90. The molecule has 1 fully saturated rings. The number of alkyl halides is 3. The summed E-state index contributed by atoms with van der Waals surface area (Å²) in [6.07, 6.45) is -3.50. The Morgan fingerprint density at radius 2 is 1.89 bits per heavy atom. The molecule has 0 bridgehead atoms. The maximum Gasteiger partial charge on any atom is 0.419 e. The second-order valence-electron chi connectivity index (χ2n) is 6.93. The van der Waals surface area contributed by atoms with Gasteiger partial charge in [-0.3, -0.25) is 0 Å². The van der Waals surface area contributed by atoms with Crippen molar-refractivity contribution in [3.05, 3.63) is 47.5 Å². The number of para-hydroxylation sites is 1. The van der Waals surface area contributed by atoms with Crippen LogP contribution >= 0.6 is 11.3 Å². The van der Waals surface area contributed by atoms with E-state index >= 15 is 0 Å². The zero-order valence-electron chi connectivity index (χ0n) is 15.2. The SMILES string of the molecule is Cc1cc(O)c2sc(N3CCC(Oc4ccccc4C(F)(F)F)CC3)nc2c1. The summed E-state index contributed by atoms with van der Waals surface area (Å²) in [5, 5.41) is 10.9. The summed E-state index contributed by atoms with van der Waals surface area (Å²) in [6.45, 7) is 3.18. The number of ether oxygens (including phenoxy) is 1. The van der Waals surface area contributed by atoms with Crippen molar-refractivity contribution in [1.29, 1.82) is 0 Å². The summed E-state index contributed by atoms with van der Waals surface area (Å²) in [5.41, 5.74) is 0.960. The zero-order chi connectivity index (χ0) is 19.9. The third-order valence-electron chi connectivity index (χ3n) is 4.80. The van der Waals surface area contributed by atoms with Crippen molar-refractivity contribution in [2.24, 2.45) is 0 Å². The van der Waals surface area contributed by atoms with E-state index in [1.165, 1.54) is 23.5 Å². The fourth-order valence-electron chi connectivity index (χ4n) is 3.42. The van der Waals surface area contributed by atoms with Gasteiger partial charge in [0, 0.05) is 25.9 Å². The molecule has 8 heteroatoms. The van der Waals surface area contributed by atoms with Crippen LogP contribution in [0.15, 0.2) is 36.4 Å². The van der Waals surface area contributed by atoms with Crippen LogP contribution in [0.5, 0.6) is 11.5 Å². The van der Waals surface area contributed by atoms with Crippen LogP contribution in [-0.4, -0.2) is 29.3 Å². The Hall–Kier alpha value is -2.48. The number of fused-ring (bicyclic) bond motifs is 1. The van der Waals surface area contributed by atoms with Crippen LogP contribution in [0.3, 0.4) is 0 Å². The van der Waals surface area contributed by atoms with Gasteiger partial charge >= 0.3 is 6.18 Å². The number of phenols is 1. The number of benzene rings is 2. The van der Waals surface area contributed by atoms with Gasteiger partial charge in [0.25, 0.3) is 0 Å². The Kier molecular flexibility index (Phi) is 4.82. The van der Waals surface area contributed by atoms with Crippen molar-refractivity contribution < 1.29 is 23.0 Å². The number of halogens is 3. The van der Waals surface area contributed by atoms with E-state index in [4.69, 9.17) is 4.74 Å².